The lowest BCUT2D eigenvalue weighted by atomic mass is 10.2. The monoisotopic (exact) mass is 239 g/mol. The number of nitrogens with two attached hydrogens (primary N) is 1. The highest BCUT2D eigenvalue weighted by Gasteiger charge is 2.49. The number of halogens is 2. The summed E-state index contributed by atoms with van der Waals surface area (Å²) in [5, 5.41) is 9.63. The van der Waals surface area contributed by atoms with Crippen molar-refractivity contribution >= 4 is 0 Å². The molecule has 1 atom stereocenters. The number of hydrogen-bond donors (Lipinski definition) is 1. The van der Waals surface area contributed by atoms with E-state index in [-0.39, 0.29) is 6.54 Å². The minimum Gasteiger partial charge on any atom is -0.483 e. The van der Waals surface area contributed by atoms with Gasteiger partial charge in [0.05, 0.1) is 24.7 Å². The molecule has 0 radical (unpaired) electrons. The molecule has 0 saturated carbocycles. The van der Waals surface area contributed by atoms with Gasteiger partial charge in [-0.05, 0) is 24.3 Å². The Morgan fingerprint density at radius 1 is 1.41 bits per heavy atom. The van der Waals surface area contributed by atoms with Gasteiger partial charge in [0.2, 0.25) is 0 Å². The molecule has 1 saturated heterocycles. The van der Waals surface area contributed by atoms with Crippen LogP contribution in [-0.4, -0.2) is 30.1 Å². The quantitative estimate of drug-likeness (QED) is 0.786. The Labute approximate surface area is 97.2 Å². The Balaban J connectivity index is 2.08. The van der Waals surface area contributed by atoms with Gasteiger partial charge in [0.25, 0.3) is 5.92 Å². The first-order valence-electron chi connectivity index (χ1n) is 5.05. The van der Waals surface area contributed by atoms with E-state index in [0.29, 0.717) is 11.3 Å². The summed E-state index contributed by atoms with van der Waals surface area (Å²) in [6.07, 6.45) is -1.25. The lowest BCUT2D eigenvalue weighted by molar-refractivity contribution is -0.0619. The van der Waals surface area contributed by atoms with Gasteiger partial charge in [-0.25, -0.2) is 13.8 Å². The minimum absolute atomic E-state index is 0.0208. The van der Waals surface area contributed by atoms with Gasteiger partial charge in [-0.2, -0.15) is 5.26 Å². The number of hydrogen-bond acceptors (Lipinski definition) is 4. The average Bonchev–Trinajstić information content (AvgIpc) is 2.53. The van der Waals surface area contributed by atoms with Crippen LogP contribution in [0.5, 0.6) is 5.75 Å². The van der Waals surface area contributed by atoms with E-state index in [9.17, 15) is 8.78 Å². The van der Waals surface area contributed by atoms with Crippen molar-refractivity contribution in [1.29, 1.82) is 5.26 Å². The van der Waals surface area contributed by atoms with Gasteiger partial charge in [-0.3, -0.25) is 5.84 Å². The summed E-state index contributed by atoms with van der Waals surface area (Å²) in [6.45, 7) is -0.527. The standard InChI is InChI=1S/C11H11F2N3O/c12-11(13)7-16(15)6-10(11)17-9-3-1-8(5-14)2-4-9/h1-4,10H,6-7,15H2. The highest BCUT2D eigenvalue weighted by molar-refractivity contribution is 5.34. The van der Waals surface area contributed by atoms with E-state index in [1.807, 2.05) is 6.07 Å². The van der Waals surface area contributed by atoms with Crippen LogP contribution >= 0.6 is 0 Å². The second-order valence-electron chi connectivity index (χ2n) is 3.93. The van der Waals surface area contributed by atoms with Crippen LogP contribution in [0.2, 0.25) is 0 Å². The molecular weight excluding hydrogens is 228 g/mol. The van der Waals surface area contributed by atoms with Gasteiger partial charge in [0, 0.05) is 0 Å². The van der Waals surface area contributed by atoms with E-state index >= 15 is 0 Å². The molecule has 2 rings (SSSR count). The van der Waals surface area contributed by atoms with E-state index in [1.165, 1.54) is 24.3 Å². The summed E-state index contributed by atoms with van der Waals surface area (Å²) in [7, 11) is 0. The fourth-order valence-corrected chi connectivity index (χ4v) is 1.68. The van der Waals surface area contributed by atoms with Crippen molar-refractivity contribution in [3.8, 4) is 11.8 Å². The summed E-state index contributed by atoms with van der Waals surface area (Å²) in [4.78, 5) is 0. The molecule has 0 bridgehead atoms. The van der Waals surface area contributed by atoms with Crippen molar-refractivity contribution in [2.75, 3.05) is 13.1 Å². The third-order valence-corrected chi connectivity index (χ3v) is 2.55. The van der Waals surface area contributed by atoms with Crippen LogP contribution < -0.4 is 10.6 Å². The van der Waals surface area contributed by atoms with Gasteiger partial charge >= 0.3 is 0 Å². The molecule has 0 spiro atoms. The van der Waals surface area contributed by atoms with Crippen LogP contribution in [0.4, 0.5) is 8.78 Å². The van der Waals surface area contributed by atoms with Gasteiger partial charge in [0.15, 0.2) is 6.10 Å². The number of rotatable bonds is 2. The van der Waals surface area contributed by atoms with Gasteiger partial charge < -0.3 is 4.74 Å². The van der Waals surface area contributed by atoms with Crippen LogP contribution in [0.25, 0.3) is 0 Å². The third-order valence-electron chi connectivity index (χ3n) is 2.55. The second-order valence-corrected chi connectivity index (χ2v) is 3.93. The topological polar surface area (TPSA) is 62.3 Å². The molecule has 4 nitrogen and oxygen atoms in total. The van der Waals surface area contributed by atoms with Crippen molar-refractivity contribution in [2.45, 2.75) is 12.0 Å². The van der Waals surface area contributed by atoms with E-state index in [2.05, 4.69) is 0 Å². The van der Waals surface area contributed by atoms with Crippen molar-refractivity contribution in [3.05, 3.63) is 29.8 Å². The van der Waals surface area contributed by atoms with E-state index in [4.69, 9.17) is 15.8 Å². The largest absolute Gasteiger partial charge is 0.483 e. The Morgan fingerprint density at radius 2 is 2.06 bits per heavy atom. The zero-order chi connectivity index (χ0) is 12.5. The first-order valence-corrected chi connectivity index (χ1v) is 5.05. The molecule has 1 aromatic carbocycles. The Hall–Kier alpha value is -1.71. The van der Waals surface area contributed by atoms with Crippen molar-refractivity contribution in [2.24, 2.45) is 5.84 Å². The molecule has 1 aliphatic rings. The summed E-state index contributed by atoms with van der Waals surface area (Å²) >= 11 is 0. The molecule has 2 N–H and O–H groups in total. The highest BCUT2D eigenvalue weighted by atomic mass is 19.3. The third kappa shape index (κ3) is 2.52. The fourth-order valence-electron chi connectivity index (χ4n) is 1.68. The van der Waals surface area contributed by atoms with Gasteiger partial charge in [0.1, 0.15) is 5.75 Å². The first kappa shape index (κ1) is 11.8. The number of nitrogens with zero attached hydrogens (tertiary/aromatic N) is 2. The normalized spacial score (nSPS) is 23.3. The number of benzene rings is 1. The zero-order valence-corrected chi connectivity index (χ0v) is 8.94. The van der Waals surface area contributed by atoms with Gasteiger partial charge in [-0.15, -0.1) is 0 Å². The maximum Gasteiger partial charge on any atom is 0.299 e. The number of ether oxygens (including phenoxy) is 1. The Kier molecular flexibility index (Phi) is 2.96. The summed E-state index contributed by atoms with van der Waals surface area (Å²) in [6, 6.07) is 7.96. The molecule has 1 unspecified atom stereocenters. The molecule has 0 aromatic heterocycles. The zero-order valence-electron chi connectivity index (χ0n) is 8.94. The lowest BCUT2D eigenvalue weighted by Crippen LogP contribution is -2.36. The maximum atomic E-state index is 13.4. The molecule has 1 aromatic rings. The molecule has 0 amide bonds. The molecular formula is C11H11F2N3O. The van der Waals surface area contributed by atoms with E-state index in [1.54, 1.807) is 0 Å². The highest BCUT2D eigenvalue weighted by Crippen LogP contribution is 2.29. The molecule has 1 heterocycles. The van der Waals surface area contributed by atoms with Crippen molar-refractivity contribution < 1.29 is 13.5 Å². The Morgan fingerprint density at radius 3 is 2.53 bits per heavy atom. The maximum absolute atomic E-state index is 13.4. The van der Waals surface area contributed by atoms with Crippen LogP contribution in [0.3, 0.4) is 0 Å². The smallest absolute Gasteiger partial charge is 0.299 e. The predicted octanol–water partition coefficient (Wildman–Crippen LogP) is 1.13. The number of hydrazine groups is 1. The lowest BCUT2D eigenvalue weighted by Gasteiger charge is -2.19. The molecule has 1 fully saturated rings. The summed E-state index contributed by atoms with van der Waals surface area (Å²) < 4.78 is 32.0. The van der Waals surface area contributed by atoms with Crippen LogP contribution in [0.1, 0.15) is 5.56 Å². The average molecular weight is 239 g/mol. The summed E-state index contributed by atoms with van der Waals surface area (Å²) in [5.74, 6) is 2.68. The first-order chi connectivity index (χ1) is 8.01. The predicted molar refractivity (Wildman–Crippen MR) is 56.3 cm³/mol. The van der Waals surface area contributed by atoms with Gasteiger partial charge in [-0.1, -0.05) is 0 Å². The van der Waals surface area contributed by atoms with Crippen LogP contribution in [0.15, 0.2) is 24.3 Å². The molecule has 0 aliphatic carbocycles. The molecule has 1 aliphatic heterocycles. The molecule has 6 heteroatoms. The number of alkyl halides is 2. The minimum atomic E-state index is -2.96. The molecule has 17 heavy (non-hydrogen) atoms. The fraction of sp³-hybridized carbons (Fsp3) is 0.364. The molecule has 90 valence electrons. The second kappa shape index (κ2) is 4.28. The summed E-state index contributed by atoms with van der Waals surface area (Å²) in [5.41, 5.74) is 0.455. The Bertz CT molecular complexity index is 441. The van der Waals surface area contributed by atoms with Crippen LogP contribution in [-0.2, 0) is 0 Å². The van der Waals surface area contributed by atoms with Crippen LogP contribution in [0, 0.1) is 11.3 Å². The van der Waals surface area contributed by atoms with E-state index < -0.39 is 18.6 Å². The number of nitriles is 1. The SMILES string of the molecule is N#Cc1ccc(OC2CN(N)CC2(F)F)cc1. The van der Waals surface area contributed by atoms with E-state index in [0.717, 1.165) is 5.01 Å². The van der Waals surface area contributed by atoms with Crippen molar-refractivity contribution in [3.63, 3.8) is 0 Å². The van der Waals surface area contributed by atoms with Crippen molar-refractivity contribution in [1.82, 2.24) is 5.01 Å².